The van der Waals surface area contributed by atoms with E-state index in [1.165, 1.54) is 5.56 Å². The Morgan fingerprint density at radius 3 is 2.90 bits per heavy atom. The Morgan fingerprint density at radius 1 is 1.33 bits per heavy atom. The molecule has 0 fully saturated rings. The number of rotatable bonds is 8. The second-order valence-corrected chi connectivity index (χ2v) is 5.44. The molecule has 0 saturated carbocycles. The number of hydrogen-bond donors (Lipinski definition) is 2. The van der Waals surface area contributed by atoms with E-state index in [9.17, 15) is 10.1 Å². The first-order valence-corrected chi connectivity index (χ1v) is 7.59. The number of carboxylic acids is 1. The largest absolute Gasteiger partial charge is 0.481 e. The quantitative estimate of drug-likeness (QED) is 0.718. The fraction of sp³-hybridized carbons (Fsp3) is 0.562. The van der Waals surface area contributed by atoms with E-state index in [4.69, 9.17) is 5.11 Å². The number of aliphatic carboxylic acids is 1. The van der Waals surface area contributed by atoms with Crippen molar-refractivity contribution in [2.45, 2.75) is 51.4 Å². The van der Waals surface area contributed by atoms with E-state index in [1.807, 2.05) is 6.07 Å². The monoisotopic (exact) mass is 287 g/mol. The van der Waals surface area contributed by atoms with E-state index in [-0.39, 0.29) is 6.42 Å². The van der Waals surface area contributed by atoms with Gasteiger partial charge >= 0.3 is 5.97 Å². The lowest BCUT2D eigenvalue weighted by Crippen LogP contribution is -2.07. The first-order chi connectivity index (χ1) is 10.2. The predicted octanol–water partition coefficient (Wildman–Crippen LogP) is 2.89. The Labute approximate surface area is 125 Å². The highest BCUT2D eigenvalue weighted by Gasteiger charge is 2.16. The Morgan fingerprint density at radius 2 is 2.14 bits per heavy atom. The van der Waals surface area contributed by atoms with Gasteiger partial charge in [0.15, 0.2) is 0 Å². The lowest BCUT2D eigenvalue weighted by molar-refractivity contribution is -0.137. The van der Waals surface area contributed by atoms with Gasteiger partial charge in [-0.2, -0.15) is 5.26 Å². The molecular weight excluding hydrogens is 266 g/mol. The van der Waals surface area contributed by atoms with Crippen LogP contribution in [0.1, 0.15) is 55.3 Å². The van der Waals surface area contributed by atoms with Crippen LogP contribution in [0.2, 0.25) is 0 Å². The number of pyridine rings is 1. The third kappa shape index (κ3) is 4.45. The van der Waals surface area contributed by atoms with Gasteiger partial charge in [0, 0.05) is 18.7 Å². The Balaban J connectivity index is 1.76. The second kappa shape index (κ2) is 7.63. The Hall–Kier alpha value is -2.09. The van der Waals surface area contributed by atoms with Crippen molar-refractivity contribution < 1.29 is 9.90 Å². The van der Waals surface area contributed by atoms with Gasteiger partial charge in [0.2, 0.25) is 0 Å². The van der Waals surface area contributed by atoms with Gasteiger partial charge in [-0.3, -0.25) is 4.79 Å². The maximum absolute atomic E-state index is 10.4. The fourth-order valence-electron chi connectivity index (χ4n) is 2.65. The van der Waals surface area contributed by atoms with E-state index >= 15 is 0 Å². The normalized spacial score (nSPS) is 12.7. The molecule has 0 radical (unpaired) electrons. The number of aromatic nitrogens is 1. The molecule has 0 bridgehead atoms. The van der Waals surface area contributed by atoms with E-state index in [0.717, 1.165) is 57.2 Å². The van der Waals surface area contributed by atoms with Crippen molar-refractivity contribution in [3.8, 4) is 6.07 Å². The van der Waals surface area contributed by atoms with Crippen molar-refractivity contribution in [3.05, 3.63) is 22.9 Å². The summed E-state index contributed by atoms with van der Waals surface area (Å²) in [5.41, 5.74) is 2.96. The molecule has 0 unspecified atom stereocenters. The number of carboxylic acid groups (broad SMARTS) is 1. The minimum atomic E-state index is -0.728. The van der Waals surface area contributed by atoms with Gasteiger partial charge < -0.3 is 10.4 Å². The van der Waals surface area contributed by atoms with Crippen LogP contribution < -0.4 is 5.32 Å². The molecule has 1 aliphatic rings. The van der Waals surface area contributed by atoms with Gasteiger partial charge in [-0.05, 0) is 43.7 Å². The zero-order valence-electron chi connectivity index (χ0n) is 12.2. The molecule has 0 spiro atoms. The number of nitriles is 1. The van der Waals surface area contributed by atoms with Crippen LogP contribution in [0.4, 0.5) is 5.82 Å². The molecule has 0 amide bonds. The zero-order valence-corrected chi connectivity index (χ0v) is 12.2. The first-order valence-electron chi connectivity index (χ1n) is 7.59. The molecule has 1 aliphatic carbocycles. The van der Waals surface area contributed by atoms with E-state index in [0.29, 0.717) is 11.4 Å². The lowest BCUT2D eigenvalue weighted by Gasteiger charge is -2.09. The summed E-state index contributed by atoms with van der Waals surface area (Å²) < 4.78 is 0. The minimum absolute atomic E-state index is 0.248. The summed E-state index contributed by atoms with van der Waals surface area (Å²) in [6.07, 6.45) is 7.02. The zero-order chi connectivity index (χ0) is 15.1. The summed E-state index contributed by atoms with van der Waals surface area (Å²) in [6, 6.07) is 4.17. The van der Waals surface area contributed by atoms with Crippen molar-refractivity contribution in [1.82, 2.24) is 4.98 Å². The number of unbranched alkanes of at least 4 members (excludes halogenated alkanes) is 3. The van der Waals surface area contributed by atoms with Crippen LogP contribution >= 0.6 is 0 Å². The summed E-state index contributed by atoms with van der Waals surface area (Å²) in [5, 5.41) is 21.0. The molecule has 1 aromatic heterocycles. The predicted molar refractivity (Wildman–Crippen MR) is 80.2 cm³/mol. The van der Waals surface area contributed by atoms with Crippen LogP contribution in [0.25, 0.3) is 0 Å². The second-order valence-electron chi connectivity index (χ2n) is 5.44. The van der Waals surface area contributed by atoms with Crippen LogP contribution in [0.3, 0.4) is 0 Å². The maximum atomic E-state index is 10.4. The highest BCUT2D eigenvalue weighted by atomic mass is 16.4. The highest BCUT2D eigenvalue weighted by molar-refractivity contribution is 5.66. The number of aryl methyl sites for hydroxylation is 2. The number of nitrogens with zero attached hydrogens (tertiary/aromatic N) is 2. The molecule has 0 aromatic carbocycles. The van der Waals surface area contributed by atoms with E-state index in [2.05, 4.69) is 16.4 Å². The fourth-order valence-corrected chi connectivity index (χ4v) is 2.65. The molecule has 5 nitrogen and oxygen atoms in total. The minimum Gasteiger partial charge on any atom is -0.481 e. The molecule has 0 atom stereocenters. The summed E-state index contributed by atoms with van der Waals surface area (Å²) in [4.78, 5) is 15.0. The molecule has 112 valence electrons. The molecular formula is C16H21N3O2. The van der Waals surface area contributed by atoms with Gasteiger partial charge in [-0.25, -0.2) is 4.98 Å². The van der Waals surface area contributed by atoms with Gasteiger partial charge in [-0.1, -0.05) is 12.8 Å². The first kappa shape index (κ1) is 15.3. The molecule has 1 aromatic rings. The van der Waals surface area contributed by atoms with Gasteiger partial charge in [-0.15, -0.1) is 0 Å². The van der Waals surface area contributed by atoms with Crippen molar-refractivity contribution in [1.29, 1.82) is 5.26 Å². The van der Waals surface area contributed by atoms with E-state index < -0.39 is 5.97 Å². The third-order valence-corrected chi connectivity index (χ3v) is 3.78. The number of fused-ring (bicyclic) bond motifs is 1. The number of anilines is 1. The lowest BCUT2D eigenvalue weighted by atomic mass is 10.1. The van der Waals surface area contributed by atoms with Gasteiger partial charge in [0.05, 0.1) is 5.56 Å². The molecule has 2 rings (SSSR count). The molecule has 0 aliphatic heterocycles. The molecule has 1 heterocycles. The van der Waals surface area contributed by atoms with Crippen LogP contribution in [0, 0.1) is 11.3 Å². The average molecular weight is 287 g/mol. The number of carbonyl (C=O) groups is 1. The maximum Gasteiger partial charge on any atom is 0.303 e. The highest BCUT2D eigenvalue weighted by Crippen LogP contribution is 2.24. The van der Waals surface area contributed by atoms with Crippen molar-refractivity contribution in [2.24, 2.45) is 0 Å². The standard InChI is InChI=1S/C16H21N3O2/c17-11-13-10-12-6-5-7-14(12)19-16(13)18-9-4-2-1-3-8-15(20)21/h10H,1-9H2,(H,18,19)(H,20,21). The number of hydrogen-bond acceptors (Lipinski definition) is 4. The molecule has 2 N–H and O–H groups in total. The van der Waals surface area contributed by atoms with Crippen LogP contribution in [-0.2, 0) is 17.6 Å². The Bertz CT molecular complexity index is 549. The topological polar surface area (TPSA) is 86.0 Å². The summed E-state index contributed by atoms with van der Waals surface area (Å²) in [6.45, 7) is 0.771. The third-order valence-electron chi connectivity index (χ3n) is 3.78. The van der Waals surface area contributed by atoms with Crippen molar-refractivity contribution >= 4 is 11.8 Å². The summed E-state index contributed by atoms with van der Waals surface area (Å²) in [7, 11) is 0. The van der Waals surface area contributed by atoms with Crippen LogP contribution in [0.5, 0.6) is 0 Å². The van der Waals surface area contributed by atoms with Crippen molar-refractivity contribution in [3.63, 3.8) is 0 Å². The Kier molecular flexibility index (Phi) is 5.56. The number of nitrogens with one attached hydrogen (secondary N) is 1. The average Bonchev–Trinajstić information content (AvgIpc) is 2.92. The van der Waals surface area contributed by atoms with E-state index in [1.54, 1.807) is 0 Å². The van der Waals surface area contributed by atoms with Gasteiger partial charge in [0.1, 0.15) is 11.9 Å². The molecule has 0 saturated heterocycles. The van der Waals surface area contributed by atoms with Crippen LogP contribution in [-0.4, -0.2) is 22.6 Å². The SMILES string of the molecule is N#Cc1cc2c(nc1NCCCCCCC(=O)O)CCC2. The smallest absolute Gasteiger partial charge is 0.303 e. The molecule has 5 heteroatoms. The van der Waals surface area contributed by atoms with Crippen LogP contribution in [0.15, 0.2) is 6.07 Å². The summed E-state index contributed by atoms with van der Waals surface area (Å²) in [5.74, 6) is -0.0298. The van der Waals surface area contributed by atoms with Crippen molar-refractivity contribution in [2.75, 3.05) is 11.9 Å². The molecule has 21 heavy (non-hydrogen) atoms. The summed E-state index contributed by atoms with van der Waals surface area (Å²) >= 11 is 0. The van der Waals surface area contributed by atoms with Gasteiger partial charge in [0.25, 0.3) is 0 Å².